The second-order valence-corrected chi connectivity index (χ2v) is 13.3. The highest BCUT2D eigenvalue weighted by atomic mass is 31.2. The smallest absolute Gasteiger partial charge is 0.253 e. The number of carbonyl (C=O) groups excluding carboxylic acids is 5. The van der Waals surface area contributed by atoms with Crippen LogP contribution >= 0.6 is 8.30 Å². The first kappa shape index (κ1) is 37.0. The standard InChI is InChI=1S/C32H45FN5O7P/c1-22(20-39)7-6-16-46(35-18-24-9-10-24)45-21-25-11-12-27(26(33)17-25)37-32(44)23(2)36-29(41)19-34-28(40)8-4-3-5-15-38-30(42)13-14-31(38)43/h7,11-14,17,23-24,35,39H,3-6,8-10,15-16,18-21H2,1-2H3,(H,34,40)(H,36,41)(H,37,44)/b22-7+. The molecule has 0 aromatic heterocycles. The van der Waals surface area contributed by atoms with Gasteiger partial charge in [-0.05, 0) is 69.6 Å². The monoisotopic (exact) mass is 661 g/mol. The lowest BCUT2D eigenvalue weighted by molar-refractivity contribution is -0.137. The Morgan fingerprint density at radius 2 is 1.87 bits per heavy atom. The number of amides is 5. The van der Waals surface area contributed by atoms with Crippen LogP contribution in [0.15, 0.2) is 42.0 Å². The van der Waals surface area contributed by atoms with E-state index < -0.39 is 32.0 Å². The van der Waals surface area contributed by atoms with Crippen LogP contribution in [0.2, 0.25) is 0 Å². The molecular weight excluding hydrogens is 616 g/mol. The van der Waals surface area contributed by atoms with Crippen molar-refractivity contribution in [2.24, 2.45) is 5.92 Å². The number of rotatable bonds is 21. The van der Waals surface area contributed by atoms with Gasteiger partial charge in [0.05, 0.1) is 25.4 Å². The Kier molecular flexibility index (Phi) is 15.4. The summed E-state index contributed by atoms with van der Waals surface area (Å²) in [7, 11) is -0.937. The van der Waals surface area contributed by atoms with Crippen molar-refractivity contribution in [1.82, 2.24) is 20.6 Å². The average Bonchev–Trinajstić information content (AvgIpc) is 3.81. The van der Waals surface area contributed by atoms with Gasteiger partial charge in [-0.2, -0.15) is 0 Å². The van der Waals surface area contributed by atoms with Crippen molar-refractivity contribution in [3.63, 3.8) is 0 Å². The van der Waals surface area contributed by atoms with Gasteiger partial charge in [0.2, 0.25) is 17.7 Å². The summed E-state index contributed by atoms with van der Waals surface area (Å²) in [5.74, 6) is -2.15. The molecule has 1 saturated carbocycles. The van der Waals surface area contributed by atoms with Gasteiger partial charge in [-0.25, -0.2) is 4.39 Å². The molecule has 0 radical (unpaired) electrons. The predicted molar refractivity (Wildman–Crippen MR) is 173 cm³/mol. The molecule has 2 unspecified atom stereocenters. The summed E-state index contributed by atoms with van der Waals surface area (Å²) in [4.78, 5) is 61.1. The summed E-state index contributed by atoms with van der Waals surface area (Å²) in [5, 5.41) is 20.1. The highest BCUT2D eigenvalue weighted by molar-refractivity contribution is 7.50. The summed E-state index contributed by atoms with van der Waals surface area (Å²) >= 11 is 0. The number of aliphatic hydroxyl groups excluding tert-OH is 1. The Balaban J connectivity index is 1.34. The first-order valence-electron chi connectivity index (χ1n) is 15.6. The molecule has 12 nitrogen and oxygen atoms in total. The number of imide groups is 1. The van der Waals surface area contributed by atoms with Gasteiger partial charge >= 0.3 is 0 Å². The van der Waals surface area contributed by atoms with E-state index in [0.717, 1.165) is 29.6 Å². The summed E-state index contributed by atoms with van der Waals surface area (Å²) in [6.45, 7) is 4.41. The molecule has 1 aliphatic carbocycles. The van der Waals surface area contributed by atoms with Gasteiger partial charge in [-0.15, -0.1) is 0 Å². The molecule has 1 aliphatic heterocycles. The number of hydrogen-bond donors (Lipinski definition) is 5. The lowest BCUT2D eigenvalue weighted by Crippen LogP contribution is -2.45. The van der Waals surface area contributed by atoms with Crippen LogP contribution in [0.3, 0.4) is 0 Å². The molecule has 3 rings (SSSR count). The van der Waals surface area contributed by atoms with Crippen LogP contribution in [0.5, 0.6) is 0 Å². The van der Waals surface area contributed by atoms with Crippen LogP contribution in [-0.2, 0) is 35.1 Å². The van der Waals surface area contributed by atoms with Crippen molar-refractivity contribution >= 4 is 43.5 Å². The zero-order chi connectivity index (χ0) is 33.5. The minimum absolute atomic E-state index is 0.0250. The Morgan fingerprint density at radius 3 is 2.54 bits per heavy atom. The average molecular weight is 662 g/mol. The lowest BCUT2D eigenvalue weighted by atomic mass is 10.2. The van der Waals surface area contributed by atoms with Crippen LogP contribution in [0, 0.1) is 11.7 Å². The summed E-state index contributed by atoms with van der Waals surface area (Å²) in [6, 6.07) is 3.44. The maximum absolute atomic E-state index is 14.8. The van der Waals surface area contributed by atoms with Crippen LogP contribution in [0.25, 0.3) is 0 Å². The van der Waals surface area contributed by atoms with E-state index in [1.165, 1.54) is 44.1 Å². The first-order valence-corrected chi connectivity index (χ1v) is 17.1. The third-order valence-corrected chi connectivity index (χ3v) is 9.05. The number of benzene rings is 1. The summed E-state index contributed by atoms with van der Waals surface area (Å²) in [6.07, 6.45) is 10.3. The number of halogens is 1. The van der Waals surface area contributed by atoms with Gasteiger partial charge in [0.1, 0.15) is 20.2 Å². The fourth-order valence-corrected chi connectivity index (χ4v) is 5.90. The maximum atomic E-state index is 14.8. The zero-order valence-electron chi connectivity index (χ0n) is 26.5. The molecule has 1 aromatic rings. The molecule has 5 N–H and O–H groups in total. The number of carbonyl (C=O) groups is 5. The quantitative estimate of drug-likeness (QED) is 0.0581. The summed E-state index contributed by atoms with van der Waals surface area (Å²) in [5.41, 5.74) is 1.49. The van der Waals surface area contributed by atoms with E-state index in [4.69, 9.17) is 4.52 Å². The van der Waals surface area contributed by atoms with Gasteiger partial charge in [-0.3, -0.25) is 34.0 Å². The Labute approximate surface area is 270 Å². The number of unbranched alkanes of at least 4 members (excludes halogenated alkanes) is 2. The normalized spacial score (nSPS) is 16.0. The number of nitrogens with zero attached hydrogens (tertiary/aromatic N) is 1. The highest BCUT2D eigenvalue weighted by Gasteiger charge is 2.24. The van der Waals surface area contributed by atoms with E-state index in [1.807, 2.05) is 13.0 Å². The number of hydrogen-bond acceptors (Lipinski definition) is 8. The number of nitrogens with one attached hydrogen (secondary N) is 4. The van der Waals surface area contributed by atoms with Gasteiger partial charge < -0.3 is 25.6 Å². The van der Waals surface area contributed by atoms with Gasteiger partial charge in [-0.1, -0.05) is 24.1 Å². The molecular formula is C32H45FN5O7P. The van der Waals surface area contributed by atoms with Crippen LogP contribution in [0.1, 0.15) is 64.4 Å². The van der Waals surface area contributed by atoms with Crippen LogP contribution in [0.4, 0.5) is 10.1 Å². The third-order valence-electron chi connectivity index (χ3n) is 7.41. The van der Waals surface area contributed by atoms with E-state index in [1.54, 1.807) is 6.07 Å². The molecule has 2 atom stereocenters. The lowest BCUT2D eigenvalue weighted by Gasteiger charge is -2.19. The fourth-order valence-electron chi connectivity index (χ4n) is 4.39. The highest BCUT2D eigenvalue weighted by Crippen LogP contribution is 2.37. The van der Waals surface area contributed by atoms with Crippen molar-refractivity contribution < 1.29 is 38.0 Å². The first-order chi connectivity index (χ1) is 22.0. The van der Waals surface area contributed by atoms with E-state index in [9.17, 15) is 33.5 Å². The van der Waals surface area contributed by atoms with Crippen LogP contribution < -0.4 is 21.0 Å². The van der Waals surface area contributed by atoms with E-state index in [2.05, 4.69) is 21.0 Å². The van der Waals surface area contributed by atoms with E-state index in [0.29, 0.717) is 37.3 Å². The number of allylic oxidation sites excluding steroid dienone is 1. The largest absolute Gasteiger partial charge is 0.392 e. The Hall–Kier alpha value is -3.51. The molecule has 0 spiro atoms. The predicted octanol–water partition coefficient (Wildman–Crippen LogP) is 3.03. The second-order valence-electron chi connectivity index (χ2n) is 11.5. The number of aliphatic hydroxyl groups is 1. The Morgan fingerprint density at radius 1 is 1.13 bits per heavy atom. The molecule has 46 heavy (non-hydrogen) atoms. The van der Waals surface area contributed by atoms with Crippen molar-refractivity contribution in [3.8, 4) is 0 Å². The third kappa shape index (κ3) is 13.5. The second kappa shape index (κ2) is 19.2. The molecule has 1 heterocycles. The molecule has 0 saturated heterocycles. The fraction of sp³-hybridized carbons (Fsp3) is 0.531. The van der Waals surface area contributed by atoms with Crippen molar-refractivity contribution in [2.45, 2.75) is 71.4 Å². The van der Waals surface area contributed by atoms with Crippen molar-refractivity contribution in [3.05, 3.63) is 53.4 Å². The minimum atomic E-state index is -0.984. The van der Waals surface area contributed by atoms with Gasteiger partial charge in [0.25, 0.3) is 11.8 Å². The molecule has 2 aliphatic rings. The molecule has 1 fully saturated rings. The topological polar surface area (TPSA) is 166 Å². The van der Waals surface area contributed by atoms with E-state index >= 15 is 0 Å². The van der Waals surface area contributed by atoms with Crippen molar-refractivity contribution in [2.75, 3.05) is 37.7 Å². The number of anilines is 1. The van der Waals surface area contributed by atoms with Crippen LogP contribution in [-0.4, -0.2) is 78.0 Å². The molecule has 0 bridgehead atoms. The Bertz CT molecular complexity index is 1290. The molecule has 5 amide bonds. The van der Waals surface area contributed by atoms with Crippen molar-refractivity contribution in [1.29, 1.82) is 0 Å². The molecule has 14 heteroatoms. The molecule has 252 valence electrons. The maximum Gasteiger partial charge on any atom is 0.253 e. The van der Waals surface area contributed by atoms with Gasteiger partial charge in [0, 0.05) is 37.8 Å². The SMILES string of the molecule is C/C(=C\CCP(NCC1CC1)OCc1ccc(NC(=O)C(C)NC(=O)CNC(=O)CCCCCN2C(=O)C=CC2=O)c(F)c1)CO. The van der Waals surface area contributed by atoms with Gasteiger partial charge in [0.15, 0.2) is 0 Å². The zero-order valence-corrected chi connectivity index (χ0v) is 27.4. The van der Waals surface area contributed by atoms with E-state index in [-0.39, 0.29) is 49.6 Å². The molecule has 1 aromatic carbocycles. The minimum Gasteiger partial charge on any atom is -0.392 e. The summed E-state index contributed by atoms with van der Waals surface area (Å²) < 4.78 is 20.9.